The van der Waals surface area contributed by atoms with Gasteiger partial charge in [-0.05, 0) is 29.2 Å². The highest BCUT2D eigenvalue weighted by Crippen LogP contribution is 2.13. The third-order valence-corrected chi connectivity index (χ3v) is 4.61. The predicted molar refractivity (Wildman–Crippen MR) is 113 cm³/mol. The molecule has 0 aliphatic heterocycles. The molecule has 2 rings (SSSR count). The Morgan fingerprint density at radius 1 is 1.00 bits per heavy atom. The quantitative estimate of drug-likeness (QED) is 0.563. The number of amides is 2. The van der Waals surface area contributed by atoms with Gasteiger partial charge >= 0.3 is 12.1 Å². The lowest BCUT2D eigenvalue weighted by atomic mass is 10.0. The molecule has 0 unspecified atom stereocenters. The molecule has 0 heterocycles. The molecule has 2 atom stereocenters. The number of halogens is 1. The van der Waals surface area contributed by atoms with Crippen LogP contribution >= 0.6 is 11.6 Å². The summed E-state index contributed by atoms with van der Waals surface area (Å²) in [4.78, 5) is 36.5. The van der Waals surface area contributed by atoms with E-state index in [0.717, 1.165) is 5.56 Å². The predicted octanol–water partition coefficient (Wildman–Crippen LogP) is 3.40. The lowest BCUT2D eigenvalue weighted by Crippen LogP contribution is -2.54. The first-order chi connectivity index (χ1) is 14.3. The lowest BCUT2D eigenvalue weighted by molar-refractivity contribution is -0.142. The molecule has 7 nitrogen and oxygen atoms in total. The second-order valence-electron chi connectivity index (χ2n) is 7.16. The fourth-order valence-electron chi connectivity index (χ4n) is 2.79. The summed E-state index contributed by atoms with van der Waals surface area (Å²) in [6, 6.07) is 13.8. The first-order valence-corrected chi connectivity index (χ1v) is 9.89. The summed E-state index contributed by atoms with van der Waals surface area (Å²) in [6.07, 6.45) is -0.695. The normalized spacial score (nSPS) is 12.7. The zero-order chi connectivity index (χ0) is 22.1. The Morgan fingerprint density at radius 3 is 2.27 bits per heavy atom. The van der Waals surface area contributed by atoms with Gasteiger partial charge in [0.25, 0.3) is 0 Å². The Balaban J connectivity index is 1.98. The van der Waals surface area contributed by atoms with Crippen molar-refractivity contribution in [2.75, 3.05) is 0 Å². The number of aliphatic carboxylic acids is 1. The minimum Gasteiger partial charge on any atom is -0.480 e. The third kappa shape index (κ3) is 7.40. The van der Waals surface area contributed by atoms with Gasteiger partial charge in [-0.2, -0.15) is 0 Å². The summed E-state index contributed by atoms with van der Waals surface area (Å²) in [5, 5.41) is 15.0. The van der Waals surface area contributed by atoms with Gasteiger partial charge in [-0.3, -0.25) is 4.79 Å². The van der Waals surface area contributed by atoms with E-state index in [-0.39, 0.29) is 18.9 Å². The first-order valence-electron chi connectivity index (χ1n) is 9.51. The summed E-state index contributed by atoms with van der Waals surface area (Å²) in [5.41, 5.74) is 1.48. The Bertz CT molecular complexity index is 873. The maximum atomic E-state index is 12.7. The average molecular weight is 433 g/mol. The smallest absolute Gasteiger partial charge is 0.408 e. The SMILES string of the molecule is CC(C)[C@@H](NC(=O)OCc1ccccc1)C(=O)N[C@@H](Cc1cccc(Cl)c1)C(=O)O. The van der Waals surface area contributed by atoms with Crippen molar-refractivity contribution >= 4 is 29.6 Å². The Hall–Kier alpha value is -3.06. The first kappa shape index (κ1) is 23.2. The summed E-state index contributed by atoms with van der Waals surface area (Å²) in [6.45, 7) is 3.55. The molecular weight excluding hydrogens is 408 g/mol. The molecule has 0 radical (unpaired) electrons. The number of hydrogen-bond acceptors (Lipinski definition) is 4. The van der Waals surface area contributed by atoms with Crippen molar-refractivity contribution < 1.29 is 24.2 Å². The molecule has 2 aromatic rings. The monoisotopic (exact) mass is 432 g/mol. The van der Waals surface area contributed by atoms with Crippen LogP contribution in [0.3, 0.4) is 0 Å². The van der Waals surface area contributed by atoms with Crippen LogP contribution in [-0.2, 0) is 27.4 Å². The fourth-order valence-corrected chi connectivity index (χ4v) is 3.00. The molecule has 8 heteroatoms. The Kier molecular flexibility index (Phi) is 8.68. The number of benzene rings is 2. The highest BCUT2D eigenvalue weighted by atomic mass is 35.5. The van der Waals surface area contributed by atoms with Crippen LogP contribution in [0.4, 0.5) is 4.79 Å². The van der Waals surface area contributed by atoms with E-state index in [9.17, 15) is 19.5 Å². The molecule has 30 heavy (non-hydrogen) atoms. The summed E-state index contributed by atoms with van der Waals surface area (Å²) in [7, 11) is 0. The number of rotatable bonds is 9. The van der Waals surface area contributed by atoms with Crippen molar-refractivity contribution in [1.82, 2.24) is 10.6 Å². The van der Waals surface area contributed by atoms with Gasteiger partial charge < -0.3 is 20.5 Å². The topological polar surface area (TPSA) is 105 Å². The molecule has 0 bridgehead atoms. The summed E-state index contributed by atoms with van der Waals surface area (Å²) < 4.78 is 5.16. The van der Waals surface area contributed by atoms with E-state index < -0.39 is 30.1 Å². The standard InChI is InChI=1S/C22H25ClN2O5/c1-14(2)19(25-22(29)30-13-15-7-4-3-5-8-15)20(26)24-18(21(27)28)12-16-9-6-10-17(23)11-16/h3-11,14,18-19H,12-13H2,1-2H3,(H,24,26)(H,25,29)(H,27,28)/t18-,19+/m0/s1. The molecule has 0 aliphatic rings. The highest BCUT2D eigenvalue weighted by Gasteiger charge is 2.29. The van der Waals surface area contributed by atoms with Gasteiger partial charge in [0, 0.05) is 11.4 Å². The molecule has 0 spiro atoms. The van der Waals surface area contributed by atoms with E-state index in [0.29, 0.717) is 10.6 Å². The zero-order valence-electron chi connectivity index (χ0n) is 16.8. The van der Waals surface area contributed by atoms with Gasteiger partial charge in [-0.1, -0.05) is 67.9 Å². The van der Waals surface area contributed by atoms with Gasteiger partial charge in [-0.25, -0.2) is 9.59 Å². The van der Waals surface area contributed by atoms with Crippen molar-refractivity contribution in [3.63, 3.8) is 0 Å². The largest absolute Gasteiger partial charge is 0.480 e. The average Bonchev–Trinajstić information content (AvgIpc) is 2.70. The summed E-state index contributed by atoms with van der Waals surface area (Å²) in [5.74, 6) is -2.07. The lowest BCUT2D eigenvalue weighted by Gasteiger charge is -2.24. The number of carbonyl (C=O) groups excluding carboxylic acids is 2. The number of carboxylic acids is 1. The fraction of sp³-hybridized carbons (Fsp3) is 0.318. The van der Waals surface area contributed by atoms with Crippen molar-refractivity contribution in [3.05, 3.63) is 70.7 Å². The molecule has 2 aromatic carbocycles. The molecular formula is C22H25ClN2O5. The van der Waals surface area contributed by atoms with E-state index in [1.54, 1.807) is 38.1 Å². The second kappa shape index (κ2) is 11.2. The van der Waals surface area contributed by atoms with Gasteiger partial charge in [0.2, 0.25) is 5.91 Å². The molecule has 0 saturated heterocycles. The van der Waals surface area contributed by atoms with E-state index in [1.165, 1.54) is 0 Å². The summed E-state index contributed by atoms with van der Waals surface area (Å²) >= 11 is 5.94. The Morgan fingerprint density at radius 2 is 1.67 bits per heavy atom. The molecule has 0 aliphatic carbocycles. The van der Waals surface area contributed by atoms with Crippen LogP contribution in [0.2, 0.25) is 5.02 Å². The number of carbonyl (C=O) groups is 3. The van der Waals surface area contributed by atoms with Crippen LogP contribution < -0.4 is 10.6 Å². The minimum absolute atomic E-state index is 0.0604. The van der Waals surface area contributed by atoms with Crippen molar-refractivity contribution in [2.45, 2.75) is 39.0 Å². The van der Waals surface area contributed by atoms with E-state index in [2.05, 4.69) is 10.6 Å². The van der Waals surface area contributed by atoms with E-state index >= 15 is 0 Å². The van der Waals surface area contributed by atoms with Crippen LogP contribution in [-0.4, -0.2) is 35.2 Å². The van der Waals surface area contributed by atoms with Crippen molar-refractivity contribution in [2.24, 2.45) is 5.92 Å². The van der Waals surface area contributed by atoms with Crippen LogP contribution in [0.5, 0.6) is 0 Å². The number of hydrogen-bond donors (Lipinski definition) is 3. The maximum absolute atomic E-state index is 12.7. The second-order valence-corrected chi connectivity index (χ2v) is 7.60. The zero-order valence-corrected chi connectivity index (χ0v) is 17.6. The minimum atomic E-state index is -1.18. The van der Waals surface area contributed by atoms with Crippen molar-refractivity contribution in [1.29, 1.82) is 0 Å². The van der Waals surface area contributed by atoms with Gasteiger partial charge in [0.15, 0.2) is 0 Å². The Labute approximate surface area is 180 Å². The van der Waals surface area contributed by atoms with E-state index in [1.807, 2.05) is 30.3 Å². The van der Waals surface area contributed by atoms with E-state index in [4.69, 9.17) is 16.3 Å². The third-order valence-electron chi connectivity index (χ3n) is 4.38. The van der Waals surface area contributed by atoms with Crippen LogP contribution in [0.25, 0.3) is 0 Å². The number of ether oxygens (including phenoxy) is 1. The molecule has 160 valence electrons. The molecule has 0 fully saturated rings. The van der Waals surface area contributed by atoms with Crippen LogP contribution in [0.15, 0.2) is 54.6 Å². The molecule has 3 N–H and O–H groups in total. The molecule has 2 amide bonds. The number of alkyl carbamates (subject to hydrolysis) is 1. The van der Waals surface area contributed by atoms with Gasteiger partial charge in [-0.15, -0.1) is 0 Å². The van der Waals surface area contributed by atoms with Gasteiger partial charge in [0.1, 0.15) is 18.7 Å². The molecule has 0 aromatic heterocycles. The number of carboxylic acid groups (broad SMARTS) is 1. The molecule has 0 saturated carbocycles. The number of nitrogens with one attached hydrogen (secondary N) is 2. The van der Waals surface area contributed by atoms with Crippen LogP contribution in [0.1, 0.15) is 25.0 Å². The van der Waals surface area contributed by atoms with Crippen molar-refractivity contribution in [3.8, 4) is 0 Å². The maximum Gasteiger partial charge on any atom is 0.408 e. The van der Waals surface area contributed by atoms with Gasteiger partial charge in [0.05, 0.1) is 0 Å². The highest BCUT2D eigenvalue weighted by molar-refractivity contribution is 6.30. The van der Waals surface area contributed by atoms with Crippen LogP contribution in [0, 0.1) is 5.92 Å².